The van der Waals surface area contributed by atoms with Gasteiger partial charge in [-0.25, -0.2) is 4.98 Å². The molecule has 3 rings (SSSR count). The van der Waals surface area contributed by atoms with E-state index >= 15 is 0 Å². The van der Waals surface area contributed by atoms with Crippen molar-refractivity contribution < 1.29 is 4.79 Å². The normalized spacial score (nSPS) is 12.1. The van der Waals surface area contributed by atoms with Gasteiger partial charge in [-0.2, -0.15) is 10.2 Å². The fourth-order valence-corrected chi connectivity index (χ4v) is 2.78. The second-order valence-electron chi connectivity index (χ2n) is 6.28. The van der Waals surface area contributed by atoms with Crippen molar-refractivity contribution in [2.24, 2.45) is 0 Å². The van der Waals surface area contributed by atoms with Gasteiger partial charge in [-0.1, -0.05) is 12.1 Å². The quantitative estimate of drug-likeness (QED) is 0.745. The Balaban J connectivity index is 1.66. The Morgan fingerprint density at radius 1 is 1.28 bits per heavy atom. The molecule has 0 aliphatic carbocycles. The van der Waals surface area contributed by atoms with Gasteiger partial charge in [0.1, 0.15) is 12.7 Å². The van der Waals surface area contributed by atoms with Crippen LogP contribution in [0.25, 0.3) is 0 Å². The van der Waals surface area contributed by atoms with E-state index in [-0.39, 0.29) is 11.9 Å². The summed E-state index contributed by atoms with van der Waals surface area (Å²) < 4.78 is 3.64. The van der Waals surface area contributed by atoms with E-state index in [1.807, 2.05) is 55.8 Å². The Kier molecular flexibility index (Phi) is 4.92. The molecule has 1 atom stereocenters. The number of benzene rings is 1. The summed E-state index contributed by atoms with van der Waals surface area (Å²) in [6.07, 6.45) is 3.12. The number of hydrogen-bond donors (Lipinski definition) is 1. The fourth-order valence-electron chi connectivity index (χ4n) is 2.78. The molecule has 0 aliphatic rings. The van der Waals surface area contributed by atoms with Crippen LogP contribution < -0.4 is 5.32 Å². The predicted molar refractivity (Wildman–Crippen MR) is 94.2 cm³/mol. The van der Waals surface area contributed by atoms with Crippen LogP contribution in [0, 0.1) is 13.8 Å². The van der Waals surface area contributed by atoms with Crippen molar-refractivity contribution in [1.29, 1.82) is 0 Å². The molecule has 2 aromatic heterocycles. The summed E-state index contributed by atoms with van der Waals surface area (Å²) in [5, 5.41) is 11.5. The van der Waals surface area contributed by atoms with Gasteiger partial charge in [0.15, 0.2) is 0 Å². The van der Waals surface area contributed by atoms with Crippen LogP contribution in [-0.2, 0) is 13.1 Å². The van der Waals surface area contributed by atoms with Gasteiger partial charge < -0.3 is 5.32 Å². The van der Waals surface area contributed by atoms with Crippen LogP contribution in [0.15, 0.2) is 43.0 Å². The van der Waals surface area contributed by atoms with Crippen LogP contribution in [0.5, 0.6) is 0 Å². The third kappa shape index (κ3) is 4.32. The summed E-state index contributed by atoms with van der Waals surface area (Å²) in [5.74, 6) is -0.0946. The fraction of sp³-hybridized carbons (Fsp3) is 0.333. The first-order valence-electron chi connectivity index (χ1n) is 8.24. The van der Waals surface area contributed by atoms with E-state index in [9.17, 15) is 4.79 Å². The summed E-state index contributed by atoms with van der Waals surface area (Å²) in [7, 11) is 0. The molecule has 0 saturated carbocycles. The smallest absolute Gasteiger partial charge is 0.251 e. The average molecular weight is 338 g/mol. The molecule has 2 heterocycles. The third-order valence-electron chi connectivity index (χ3n) is 3.93. The van der Waals surface area contributed by atoms with Crippen LogP contribution >= 0.6 is 0 Å². The number of aryl methyl sites for hydroxylation is 2. The van der Waals surface area contributed by atoms with Gasteiger partial charge in [-0.15, -0.1) is 0 Å². The van der Waals surface area contributed by atoms with E-state index in [1.54, 1.807) is 11.0 Å². The van der Waals surface area contributed by atoms with Crippen molar-refractivity contribution in [3.8, 4) is 0 Å². The first kappa shape index (κ1) is 16.9. The first-order chi connectivity index (χ1) is 12.0. The number of nitrogens with zero attached hydrogens (tertiary/aromatic N) is 5. The average Bonchev–Trinajstić information content (AvgIpc) is 3.17. The van der Waals surface area contributed by atoms with Crippen molar-refractivity contribution in [3.63, 3.8) is 0 Å². The minimum atomic E-state index is -0.0946. The Morgan fingerprint density at radius 2 is 2.12 bits per heavy atom. The number of carbonyl (C=O) groups is 1. The summed E-state index contributed by atoms with van der Waals surface area (Å²) in [5.41, 5.74) is 3.79. The summed E-state index contributed by atoms with van der Waals surface area (Å²) in [6, 6.07) is 9.64. The lowest BCUT2D eigenvalue weighted by molar-refractivity contribution is 0.0936. The van der Waals surface area contributed by atoms with Crippen LogP contribution in [0.2, 0.25) is 0 Å². The van der Waals surface area contributed by atoms with E-state index in [2.05, 4.69) is 20.5 Å². The van der Waals surface area contributed by atoms with E-state index < -0.39 is 0 Å². The number of carbonyl (C=O) groups excluding carboxylic acids is 1. The Morgan fingerprint density at radius 3 is 2.80 bits per heavy atom. The molecule has 1 amide bonds. The Hall–Kier alpha value is -2.96. The van der Waals surface area contributed by atoms with Crippen molar-refractivity contribution in [2.45, 2.75) is 39.9 Å². The maximum Gasteiger partial charge on any atom is 0.251 e. The molecule has 0 aliphatic heterocycles. The van der Waals surface area contributed by atoms with Gasteiger partial charge >= 0.3 is 0 Å². The summed E-state index contributed by atoms with van der Waals surface area (Å²) >= 11 is 0. The highest BCUT2D eigenvalue weighted by Crippen LogP contribution is 2.10. The van der Waals surface area contributed by atoms with E-state index in [1.165, 1.54) is 6.33 Å². The Bertz CT molecular complexity index is 852. The SMILES string of the molecule is Cc1cc(C)n(Cc2cccc(C(=O)N[C@@H](C)Cn3cncn3)c2)n1. The topological polar surface area (TPSA) is 77.6 Å². The van der Waals surface area contributed by atoms with Gasteiger partial charge in [0.2, 0.25) is 0 Å². The molecule has 7 heteroatoms. The highest BCUT2D eigenvalue weighted by atomic mass is 16.1. The molecule has 0 saturated heterocycles. The van der Waals surface area contributed by atoms with Gasteiger partial charge in [0.25, 0.3) is 5.91 Å². The molecule has 0 unspecified atom stereocenters. The molecule has 7 nitrogen and oxygen atoms in total. The zero-order chi connectivity index (χ0) is 17.8. The number of rotatable bonds is 6. The highest BCUT2D eigenvalue weighted by molar-refractivity contribution is 5.94. The summed E-state index contributed by atoms with van der Waals surface area (Å²) in [6.45, 7) is 7.18. The lowest BCUT2D eigenvalue weighted by atomic mass is 10.1. The molecule has 0 fully saturated rings. The lowest BCUT2D eigenvalue weighted by Crippen LogP contribution is -2.35. The molecule has 3 aromatic rings. The number of amides is 1. The number of aromatic nitrogens is 5. The van der Waals surface area contributed by atoms with E-state index in [0.29, 0.717) is 18.7 Å². The van der Waals surface area contributed by atoms with Crippen LogP contribution in [0.3, 0.4) is 0 Å². The highest BCUT2D eigenvalue weighted by Gasteiger charge is 2.11. The Labute approximate surface area is 146 Å². The number of hydrogen-bond acceptors (Lipinski definition) is 4. The zero-order valence-corrected chi connectivity index (χ0v) is 14.7. The predicted octanol–water partition coefficient (Wildman–Crippen LogP) is 1.96. The standard InChI is InChI=1S/C18H22N6O/c1-13-7-15(3)24(22-13)10-16-5-4-6-17(8-16)18(25)21-14(2)9-23-12-19-11-20-23/h4-8,11-12,14H,9-10H2,1-3H3,(H,21,25)/t14-/m0/s1. The van der Waals surface area contributed by atoms with Gasteiger partial charge in [0.05, 0.1) is 18.8 Å². The van der Waals surface area contributed by atoms with Gasteiger partial charge in [-0.05, 0) is 44.5 Å². The van der Waals surface area contributed by atoms with Crippen molar-refractivity contribution >= 4 is 5.91 Å². The van der Waals surface area contributed by atoms with Crippen LogP contribution in [-0.4, -0.2) is 36.5 Å². The van der Waals surface area contributed by atoms with Crippen molar-refractivity contribution in [1.82, 2.24) is 29.9 Å². The molecule has 1 aromatic carbocycles. The molecule has 130 valence electrons. The van der Waals surface area contributed by atoms with Gasteiger partial charge in [0, 0.05) is 17.3 Å². The molecule has 0 bridgehead atoms. The second-order valence-corrected chi connectivity index (χ2v) is 6.28. The van der Waals surface area contributed by atoms with Gasteiger partial charge in [-0.3, -0.25) is 14.2 Å². The minimum absolute atomic E-state index is 0.0473. The van der Waals surface area contributed by atoms with Crippen molar-refractivity contribution in [3.05, 3.63) is 65.5 Å². The molecular weight excluding hydrogens is 316 g/mol. The largest absolute Gasteiger partial charge is 0.348 e. The minimum Gasteiger partial charge on any atom is -0.348 e. The monoisotopic (exact) mass is 338 g/mol. The number of nitrogens with one attached hydrogen (secondary N) is 1. The molecule has 0 radical (unpaired) electrons. The molecular formula is C18H22N6O. The molecule has 0 spiro atoms. The third-order valence-corrected chi connectivity index (χ3v) is 3.93. The molecule has 1 N–H and O–H groups in total. The summed E-state index contributed by atoms with van der Waals surface area (Å²) in [4.78, 5) is 16.4. The first-order valence-corrected chi connectivity index (χ1v) is 8.24. The maximum atomic E-state index is 12.5. The van der Waals surface area contributed by atoms with Crippen LogP contribution in [0.1, 0.15) is 34.2 Å². The van der Waals surface area contributed by atoms with Crippen molar-refractivity contribution in [2.75, 3.05) is 0 Å². The molecule has 25 heavy (non-hydrogen) atoms. The maximum absolute atomic E-state index is 12.5. The second kappa shape index (κ2) is 7.29. The lowest BCUT2D eigenvalue weighted by Gasteiger charge is -2.14. The van der Waals surface area contributed by atoms with Crippen LogP contribution in [0.4, 0.5) is 0 Å². The van der Waals surface area contributed by atoms with E-state index in [0.717, 1.165) is 17.0 Å². The van der Waals surface area contributed by atoms with E-state index in [4.69, 9.17) is 0 Å². The zero-order valence-electron chi connectivity index (χ0n) is 14.7.